The van der Waals surface area contributed by atoms with Crippen LogP contribution in [0.15, 0.2) is 73.6 Å². The third kappa shape index (κ3) is 5.23. The van der Waals surface area contributed by atoms with Crippen LogP contribution in [-0.4, -0.2) is 23.3 Å². The Morgan fingerprint density at radius 2 is 1.88 bits per heavy atom. The number of hydrogen-bond donors (Lipinski definition) is 3. The Morgan fingerprint density at radius 1 is 1.06 bits per heavy atom. The van der Waals surface area contributed by atoms with Crippen LogP contribution >= 0.6 is 0 Å². The van der Waals surface area contributed by atoms with Gasteiger partial charge in [0.1, 0.15) is 18.4 Å². The lowest BCUT2D eigenvalue weighted by Crippen LogP contribution is -2.04. The smallest absolute Gasteiger partial charge is 0.150 e. The van der Waals surface area contributed by atoms with E-state index in [2.05, 4.69) is 45.4 Å². The van der Waals surface area contributed by atoms with Crippen molar-refractivity contribution in [2.75, 3.05) is 17.7 Å². The Kier molecular flexibility index (Phi) is 7.18. The molecule has 0 saturated heterocycles. The topological polar surface area (TPSA) is 92.9 Å². The molecule has 4 N–H and O–H groups in total. The summed E-state index contributed by atoms with van der Waals surface area (Å²) in [7, 11) is 1.91. The molecule has 0 saturated carbocycles. The number of aromatic nitrogens is 2. The van der Waals surface area contributed by atoms with Crippen molar-refractivity contribution in [3.05, 3.63) is 101 Å². The number of para-hydroxylation sites is 1. The number of aldehydes is 1. The number of fused-ring (bicyclic) bond motifs is 2. The Hall–Kier alpha value is -4.19. The lowest BCUT2D eigenvalue weighted by Gasteiger charge is -2.11. The number of carbonyl (C=O) groups excluding carboxylic acids is 1. The number of hydrogen-bond acceptors (Lipinski definition) is 6. The van der Waals surface area contributed by atoms with Gasteiger partial charge in [0.25, 0.3) is 0 Å². The van der Waals surface area contributed by atoms with Gasteiger partial charge in [-0.1, -0.05) is 43.0 Å². The second-order valence-electron chi connectivity index (χ2n) is 8.25. The molecule has 1 aliphatic carbocycles. The number of nitrogens with two attached hydrogens (primary N) is 1. The number of rotatable bonds is 6. The highest BCUT2D eigenvalue weighted by molar-refractivity contribution is 5.95. The summed E-state index contributed by atoms with van der Waals surface area (Å²) < 4.78 is 0. The summed E-state index contributed by atoms with van der Waals surface area (Å²) in [5.41, 5.74) is 13.9. The van der Waals surface area contributed by atoms with Gasteiger partial charge in [0.05, 0.1) is 5.52 Å². The van der Waals surface area contributed by atoms with Crippen LogP contribution in [0.3, 0.4) is 0 Å². The second kappa shape index (κ2) is 10.6. The van der Waals surface area contributed by atoms with E-state index in [0.29, 0.717) is 12.2 Å². The van der Waals surface area contributed by atoms with Gasteiger partial charge in [0.2, 0.25) is 0 Å². The van der Waals surface area contributed by atoms with Gasteiger partial charge in [-0.05, 0) is 60.2 Å². The molecular formula is C28H29N5O. The average Bonchev–Trinajstić information content (AvgIpc) is 3.35. The zero-order valence-electron chi connectivity index (χ0n) is 19.3. The van der Waals surface area contributed by atoms with Gasteiger partial charge >= 0.3 is 0 Å². The van der Waals surface area contributed by atoms with E-state index in [0.717, 1.165) is 46.2 Å². The normalized spacial score (nSPS) is 11.8. The van der Waals surface area contributed by atoms with E-state index >= 15 is 0 Å². The predicted octanol–water partition coefficient (Wildman–Crippen LogP) is 5.20. The van der Waals surface area contributed by atoms with E-state index in [-0.39, 0.29) is 0 Å². The molecule has 0 radical (unpaired) electrons. The summed E-state index contributed by atoms with van der Waals surface area (Å²) in [5, 5.41) is 7.44. The lowest BCUT2D eigenvalue weighted by molar-refractivity contribution is 0.112. The van der Waals surface area contributed by atoms with Gasteiger partial charge in [-0.3, -0.25) is 4.79 Å². The number of nitrogens with zero attached hydrogens (tertiary/aromatic N) is 2. The van der Waals surface area contributed by atoms with E-state index in [9.17, 15) is 4.79 Å². The van der Waals surface area contributed by atoms with Crippen LogP contribution < -0.4 is 16.4 Å². The fourth-order valence-electron chi connectivity index (χ4n) is 4.18. The van der Waals surface area contributed by atoms with Crippen LogP contribution in [0.1, 0.15) is 39.0 Å². The fourth-order valence-corrected chi connectivity index (χ4v) is 4.18. The molecule has 0 atom stereocenters. The molecule has 0 aliphatic heterocycles. The van der Waals surface area contributed by atoms with E-state index in [4.69, 9.17) is 5.73 Å². The molecule has 1 heterocycles. The standard InChI is InChI=1S/C18H19N5.C10H10O/c1-12(19)15-7-4-8-16-17(15)22-11-23-18(16)21-10-13-5-3-6-14(9-13)20-2;11-7-8-4-5-9-2-1-3-10(9)6-8/h3-9,11,20H,1,10,19H2,2H3,(H,21,22,23);4-7H,1-3H2. The van der Waals surface area contributed by atoms with Crippen molar-refractivity contribution >= 4 is 34.4 Å². The maximum absolute atomic E-state index is 10.4. The first kappa shape index (κ1) is 23.0. The van der Waals surface area contributed by atoms with Crippen molar-refractivity contribution in [1.29, 1.82) is 0 Å². The van der Waals surface area contributed by atoms with E-state index in [1.807, 2.05) is 49.5 Å². The summed E-state index contributed by atoms with van der Waals surface area (Å²) in [6.07, 6.45) is 6.04. The molecular weight excluding hydrogens is 422 g/mol. The fraction of sp³-hybridized carbons (Fsp3) is 0.179. The Labute approximate surface area is 199 Å². The van der Waals surface area contributed by atoms with Crippen LogP contribution in [0.2, 0.25) is 0 Å². The molecule has 3 aromatic carbocycles. The minimum atomic E-state index is 0.502. The number of anilines is 2. The van der Waals surface area contributed by atoms with Crippen molar-refractivity contribution in [2.45, 2.75) is 25.8 Å². The van der Waals surface area contributed by atoms with E-state index in [1.54, 1.807) is 6.33 Å². The quantitative estimate of drug-likeness (QED) is 0.349. The first-order chi connectivity index (χ1) is 16.6. The number of aryl methyl sites for hydroxylation is 2. The van der Waals surface area contributed by atoms with Gasteiger partial charge in [0, 0.05) is 41.5 Å². The molecule has 5 rings (SSSR count). The Morgan fingerprint density at radius 3 is 2.68 bits per heavy atom. The van der Waals surface area contributed by atoms with Gasteiger partial charge in [0.15, 0.2) is 0 Å². The molecule has 0 spiro atoms. The molecule has 6 heteroatoms. The molecule has 0 amide bonds. The van der Waals surface area contributed by atoms with Crippen LogP contribution in [0.5, 0.6) is 0 Å². The van der Waals surface area contributed by atoms with Crippen LogP contribution in [0, 0.1) is 0 Å². The third-order valence-electron chi connectivity index (χ3n) is 5.95. The highest BCUT2D eigenvalue weighted by Gasteiger charge is 2.10. The average molecular weight is 452 g/mol. The first-order valence-corrected chi connectivity index (χ1v) is 11.3. The largest absolute Gasteiger partial charge is 0.399 e. The van der Waals surface area contributed by atoms with Crippen LogP contribution in [0.4, 0.5) is 11.5 Å². The molecule has 0 fully saturated rings. The summed E-state index contributed by atoms with van der Waals surface area (Å²) >= 11 is 0. The van der Waals surface area contributed by atoms with Gasteiger partial charge in [-0.25, -0.2) is 9.97 Å². The molecule has 1 aromatic heterocycles. The first-order valence-electron chi connectivity index (χ1n) is 11.3. The molecule has 34 heavy (non-hydrogen) atoms. The highest BCUT2D eigenvalue weighted by Crippen LogP contribution is 2.25. The van der Waals surface area contributed by atoms with Crippen molar-refractivity contribution in [3.63, 3.8) is 0 Å². The predicted molar refractivity (Wildman–Crippen MR) is 140 cm³/mol. The van der Waals surface area contributed by atoms with Crippen LogP contribution in [-0.2, 0) is 19.4 Å². The summed E-state index contributed by atoms with van der Waals surface area (Å²) in [4.78, 5) is 19.1. The Balaban J connectivity index is 0.000000207. The molecule has 6 nitrogen and oxygen atoms in total. The molecule has 0 unspecified atom stereocenters. The van der Waals surface area contributed by atoms with Crippen LogP contribution in [0.25, 0.3) is 16.6 Å². The highest BCUT2D eigenvalue weighted by atomic mass is 16.1. The third-order valence-corrected chi connectivity index (χ3v) is 5.95. The minimum absolute atomic E-state index is 0.502. The monoisotopic (exact) mass is 451 g/mol. The summed E-state index contributed by atoms with van der Waals surface area (Å²) in [5.74, 6) is 0.785. The zero-order valence-corrected chi connectivity index (χ0v) is 19.3. The number of benzene rings is 3. The Bertz CT molecular complexity index is 1330. The maximum Gasteiger partial charge on any atom is 0.150 e. The van der Waals surface area contributed by atoms with E-state index in [1.165, 1.54) is 29.5 Å². The second-order valence-corrected chi connectivity index (χ2v) is 8.25. The molecule has 4 aromatic rings. The van der Waals surface area contributed by atoms with Gasteiger partial charge in [-0.15, -0.1) is 0 Å². The van der Waals surface area contributed by atoms with Gasteiger partial charge in [-0.2, -0.15) is 0 Å². The SMILES string of the molecule is C=C(N)c1cccc2c(NCc3cccc(NC)c3)ncnc12.O=Cc1ccc2c(c1)CCC2. The summed E-state index contributed by atoms with van der Waals surface area (Å²) in [6.45, 7) is 4.48. The zero-order chi connectivity index (χ0) is 23.9. The van der Waals surface area contributed by atoms with Crippen molar-refractivity contribution in [3.8, 4) is 0 Å². The number of carbonyl (C=O) groups is 1. The van der Waals surface area contributed by atoms with Gasteiger partial charge < -0.3 is 16.4 Å². The minimum Gasteiger partial charge on any atom is -0.399 e. The molecule has 172 valence electrons. The summed E-state index contributed by atoms with van der Waals surface area (Å²) in [6, 6.07) is 20.0. The lowest BCUT2D eigenvalue weighted by atomic mass is 10.1. The molecule has 0 bridgehead atoms. The van der Waals surface area contributed by atoms with Crippen molar-refractivity contribution < 1.29 is 4.79 Å². The maximum atomic E-state index is 10.4. The van der Waals surface area contributed by atoms with E-state index < -0.39 is 0 Å². The number of nitrogens with one attached hydrogen (secondary N) is 2. The molecule has 1 aliphatic rings. The van der Waals surface area contributed by atoms with Crippen molar-refractivity contribution in [1.82, 2.24) is 9.97 Å². The van der Waals surface area contributed by atoms with Crippen molar-refractivity contribution in [2.24, 2.45) is 5.73 Å².